The number of thiol groups is 1. The van der Waals surface area contributed by atoms with Gasteiger partial charge in [-0.15, -0.1) is 0 Å². The highest BCUT2D eigenvalue weighted by Gasteiger charge is 2.32. The van der Waals surface area contributed by atoms with Crippen molar-refractivity contribution in [2.24, 2.45) is 23.5 Å². The first-order valence-corrected chi connectivity index (χ1v) is 14.3. The maximum absolute atomic E-state index is 12.1. The topological polar surface area (TPSA) is 55.6 Å². The molecule has 2 aromatic rings. The Hall–Kier alpha value is -2.11. The Balaban J connectivity index is 1.60. The number of halogens is 1. The van der Waals surface area contributed by atoms with Gasteiger partial charge in [0.15, 0.2) is 0 Å². The molecular formula is C30H39ClN2O2S. The number of hydrogen-bond acceptors (Lipinski definition) is 4. The van der Waals surface area contributed by atoms with Crippen molar-refractivity contribution in [1.29, 1.82) is 0 Å². The number of hydrogen-bond donors (Lipinski definition) is 2. The highest BCUT2D eigenvalue weighted by Crippen LogP contribution is 2.41. The van der Waals surface area contributed by atoms with Crippen LogP contribution in [0.4, 0.5) is 5.69 Å². The summed E-state index contributed by atoms with van der Waals surface area (Å²) < 4.78 is 6.24. The molecule has 0 bridgehead atoms. The Labute approximate surface area is 226 Å². The minimum atomic E-state index is -0.415. The van der Waals surface area contributed by atoms with Crippen LogP contribution in [0.5, 0.6) is 5.75 Å². The molecule has 2 aliphatic rings. The van der Waals surface area contributed by atoms with Gasteiger partial charge >= 0.3 is 0 Å². The fraction of sp³-hybridized carbons (Fsp3) is 0.500. The Morgan fingerprint density at radius 2 is 2.00 bits per heavy atom. The second-order valence-corrected chi connectivity index (χ2v) is 11.3. The molecule has 194 valence electrons. The number of allylic oxidation sites excluding steroid dienone is 2. The molecule has 1 fully saturated rings. The summed E-state index contributed by atoms with van der Waals surface area (Å²) in [6, 6.07) is 11.8. The number of benzene rings is 2. The minimum Gasteiger partial charge on any atom is -0.491 e. The lowest BCUT2D eigenvalue weighted by molar-refractivity contribution is 0.1000. The largest absolute Gasteiger partial charge is 0.491 e. The molecule has 1 amide bonds. The van der Waals surface area contributed by atoms with Crippen molar-refractivity contribution in [3.05, 3.63) is 70.3 Å². The highest BCUT2D eigenvalue weighted by molar-refractivity contribution is 7.80. The number of carbonyl (C=O) groups excluding carboxylic acids is 1. The van der Waals surface area contributed by atoms with Crippen LogP contribution in [-0.2, 0) is 13.0 Å². The quantitative estimate of drug-likeness (QED) is 0.285. The van der Waals surface area contributed by atoms with Gasteiger partial charge in [0.05, 0.1) is 12.3 Å². The minimum absolute atomic E-state index is 0.415. The number of nitrogens with zero attached hydrogens (tertiary/aromatic N) is 1. The Morgan fingerprint density at radius 1 is 1.17 bits per heavy atom. The summed E-state index contributed by atoms with van der Waals surface area (Å²) in [6.45, 7) is 4.56. The second kappa shape index (κ2) is 12.9. The van der Waals surface area contributed by atoms with Gasteiger partial charge < -0.3 is 15.4 Å². The molecule has 1 heterocycles. The summed E-state index contributed by atoms with van der Waals surface area (Å²) in [5.41, 5.74) is 9.73. The van der Waals surface area contributed by atoms with Crippen LogP contribution in [0.2, 0.25) is 5.02 Å². The summed E-state index contributed by atoms with van der Waals surface area (Å²) in [5, 5.41) is 0.779. The van der Waals surface area contributed by atoms with Gasteiger partial charge in [-0.3, -0.25) is 4.79 Å². The van der Waals surface area contributed by atoms with Gasteiger partial charge in [0.25, 0.3) is 0 Å². The van der Waals surface area contributed by atoms with E-state index in [1.165, 1.54) is 24.0 Å². The van der Waals surface area contributed by atoms with Crippen molar-refractivity contribution in [2.75, 3.05) is 23.8 Å². The first kappa shape index (κ1) is 26.9. The molecule has 0 radical (unpaired) electrons. The lowest BCUT2D eigenvalue weighted by Crippen LogP contribution is -2.38. The maximum atomic E-state index is 12.1. The third kappa shape index (κ3) is 7.01. The number of nitrogens with two attached hydrogens (primary N) is 1. The average molecular weight is 527 g/mol. The third-order valence-electron chi connectivity index (χ3n) is 7.70. The standard InChI is InChI=1S/C30H39ClN2O2S/c1-21(20-36)6-2-3-7-22-9-10-25(22)18-33-19-26-11-13-27(31)16-23(26)8-4-5-15-35-29-14-12-24(30(32)34)17-28(29)33/h2-3,11-14,16-17,21-22,25,36H,4-10,15,18-20H2,1H3,(H2,32,34)/b3-2+/t21-,22+,25-/m0/s1. The molecule has 1 aliphatic carbocycles. The number of anilines is 1. The molecule has 0 aromatic heterocycles. The van der Waals surface area contributed by atoms with Crippen LogP contribution < -0.4 is 15.4 Å². The Morgan fingerprint density at radius 3 is 2.75 bits per heavy atom. The van der Waals surface area contributed by atoms with E-state index in [9.17, 15) is 4.79 Å². The van der Waals surface area contributed by atoms with Gasteiger partial charge in [0.2, 0.25) is 5.91 Å². The SMILES string of the molecule is C[C@H](CS)C/C=C/C[C@@H]1CC[C@H]1CN1Cc2ccc(Cl)cc2CCCCOc2ccc(C(N)=O)cc21. The predicted molar refractivity (Wildman–Crippen MR) is 153 cm³/mol. The zero-order chi connectivity index (χ0) is 25.5. The van der Waals surface area contributed by atoms with Gasteiger partial charge in [-0.25, -0.2) is 0 Å². The lowest BCUT2D eigenvalue weighted by Gasteiger charge is -2.41. The highest BCUT2D eigenvalue weighted by atomic mass is 35.5. The van der Waals surface area contributed by atoms with E-state index in [0.717, 1.165) is 67.4 Å². The summed E-state index contributed by atoms with van der Waals surface area (Å²) in [5.74, 6) is 3.23. The molecule has 0 unspecified atom stereocenters. The normalized spacial score (nSPS) is 21.0. The van der Waals surface area contributed by atoms with Gasteiger partial charge in [-0.05, 0) is 110 Å². The first-order chi connectivity index (χ1) is 17.4. The zero-order valence-corrected chi connectivity index (χ0v) is 22.9. The Kier molecular flexibility index (Phi) is 9.66. The molecule has 3 atom stereocenters. The molecule has 2 N–H and O–H groups in total. The number of rotatable bonds is 8. The average Bonchev–Trinajstić information content (AvgIpc) is 2.89. The van der Waals surface area contributed by atoms with Crippen LogP contribution in [0.3, 0.4) is 0 Å². The fourth-order valence-electron chi connectivity index (χ4n) is 5.22. The molecular weight excluding hydrogens is 488 g/mol. The van der Waals surface area contributed by atoms with Crippen molar-refractivity contribution >= 4 is 35.8 Å². The molecule has 4 nitrogen and oxygen atoms in total. The molecule has 36 heavy (non-hydrogen) atoms. The molecule has 0 saturated heterocycles. The van der Waals surface area contributed by atoms with E-state index in [1.54, 1.807) is 6.07 Å². The lowest BCUT2D eigenvalue weighted by atomic mass is 9.71. The van der Waals surface area contributed by atoms with E-state index in [4.69, 9.17) is 22.1 Å². The van der Waals surface area contributed by atoms with Crippen molar-refractivity contribution < 1.29 is 9.53 Å². The van der Waals surface area contributed by atoms with E-state index in [1.807, 2.05) is 18.2 Å². The van der Waals surface area contributed by atoms with Crippen LogP contribution in [-0.4, -0.2) is 24.8 Å². The molecule has 2 aromatic carbocycles. The number of aryl methyl sites for hydroxylation is 1. The van der Waals surface area contributed by atoms with Gasteiger partial charge in [-0.1, -0.05) is 36.7 Å². The van der Waals surface area contributed by atoms with Gasteiger partial charge in [0, 0.05) is 23.7 Å². The predicted octanol–water partition coefficient (Wildman–Crippen LogP) is 7.09. The molecule has 4 rings (SSSR count). The van der Waals surface area contributed by atoms with E-state index in [2.05, 4.69) is 48.7 Å². The second-order valence-electron chi connectivity index (χ2n) is 10.5. The van der Waals surface area contributed by atoms with E-state index < -0.39 is 5.91 Å². The summed E-state index contributed by atoms with van der Waals surface area (Å²) in [7, 11) is 0. The molecule has 1 aliphatic heterocycles. The fourth-order valence-corrected chi connectivity index (χ4v) is 5.56. The smallest absolute Gasteiger partial charge is 0.248 e. The molecule has 6 heteroatoms. The first-order valence-electron chi connectivity index (χ1n) is 13.3. The number of fused-ring (bicyclic) bond motifs is 2. The molecule has 0 spiro atoms. The van der Waals surface area contributed by atoms with Crippen molar-refractivity contribution in [3.63, 3.8) is 0 Å². The summed E-state index contributed by atoms with van der Waals surface area (Å²) in [6.07, 6.45) is 12.4. The van der Waals surface area contributed by atoms with Crippen LogP contribution in [0.1, 0.15) is 66.9 Å². The molecule has 1 saturated carbocycles. The van der Waals surface area contributed by atoms with E-state index in [-0.39, 0.29) is 0 Å². The van der Waals surface area contributed by atoms with Crippen molar-refractivity contribution in [1.82, 2.24) is 0 Å². The van der Waals surface area contributed by atoms with E-state index in [0.29, 0.717) is 29.9 Å². The summed E-state index contributed by atoms with van der Waals surface area (Å²) >= 11 is 10.8. The summed E-state index contributed by atoms with van der Waals surface area (Å²) in [4.78, 5) is 14.5. The number of amides is 1. The number of carbonyl (C=O) groups is 1. The van der Waals surface area contributed by atoms with Crippen LogP contribution in [0.15, 0.2) is 48.6 Å². The Bertz CT molecular complexity index is 1070. The monoisotopic (exact) mass is 526 g/mol. The third-order valence-corrected chi connectivity index (χ3v) is 8.56. The zero-order valence-electron chi connectivity index (χ0n) is 21.3. The van der Waals surface area contributed by atoms with Crippen LogP contribution >= 0.6 is 24.2 Å². The van der Waals surface area contributed by atoms with Gasteiger partial charge in [0.1, 0.15) is 5.75 Å². The van der Waals surface area contributed by atoms with Crippen molar-refractivity contribution in [3.8, 4) is 5.75 Å². The number of primary amides is 1. The number of ether oxygens (including phenoxy) is 1. The van der Waals surface area contributed by atoms with Gasteiger partial charge in [-0.2, -0.15) is 12.6 Å². The van der Waals surface area contributed by atoms with Crippen LogP contribution in [0.25, 0.3) is 0 Å². The van der Waals surface area contributed by atoms with Crippen LogP contribution in [0, 0.1) is 17.8 Å². The van der Waals surface area contributed by atoms with E-state index >= 15 is 0 Å². The van der Waals surface area contributed by atoms with Crippen molar-refractivity contribution in [2.45, 2.75) is 58.4 Å². The maximum Gasteiger partial charge on any atom is 0.248 e.